The zero-order chi connectivity index (χ0) is 35.7. The Morgan fingerprint density at radius 3 is 1.80 bits per heavy atom. The van der Waals surface area contributed by atoms with Crippen LogP contribution >= 0.6 is 0 Å². The van der Waals surface area contributed by atoms with Crippen LogP contribution in [0.4, 0.5) is 0 Å². The van der Waals surface area contributed by atoms with Crippen LogP contribution in [0, 0.1) is 0 Å². The van der Waals surface area contributed by atoms with Crippen LogP contribution in [0.15, 0.2) is 174 Å². The summed E-state index contributed by atoms with van der Waals surface area (Å²) in [7, 11) is 0. The molecular formula is C51H34N2O. The van der Waals surface area contributed by atoms with Gasteiger partial charge in [-0.05, 0) is 106 Å². The molecule has 54 heavy (non-hydrogen) atoms. The minimum atomic E-state index is -0.0778. The summed E-state index contributed by atoms with van der Waals surface area (Å²) >= 11 is 0. The van der Waals surface area contributed by atoms with Crippen molar-refractivity contribution in [1.82, 2.24) is 9.13 Å². The molecule has 0 N–H and O–H groups in total. The van der Waals surface area contributed by atoms with Crippen molar-refractivity contribution in [2.75, 3.05) is 0 Å². The fraction of sp³-hybridized carbons (Fsp3) is 0.0588. The van der Waals surface area contributed by atoms with Crippen LogP contribution in [0.5, 0.6) is 0 Å². The summed E-state index contributed by atoms with van der Waals surface area (Å²) in [6, 6.07) is 62.2. The molecule has 0 bridgehead atoms. The summed E-state index contributed by atoms with van der Waals surface area (Å²) < 4.78 is 11.3. The molecule has 1 aliphatic rings. The number of rotatable bonds is 3. The molecule has 0 saturated carbocycles. The lowest BCUT2D eigenvalue weighted by molar-refractivity contribution is 0.661. The van der Waals surface area contributed by atoms with Gasteiger partial charge in [-0.3, -0.25) is 0 Å². The third kappa shape index (κ3) is 3.96. The molecule has 0 amide bonds. The highest BCUT2D eigenvalue weighted by atomic mass is 16.3. The molecule has 0 aliphatic heterocycles. The van der Waals surface area contributed by atoms with E-state index in [9.17, 15) is 0 Å². The Morgan fingerprint density at radius 1 is 0.370 bits per heavy atom. The van der Waals surface area contributed by atoms with Gasteiger partial charge >= 0.3 is 0 Å². The van der Waals surface area contributed by atoms with Crippen LogP contribution in [0.3, 0.4) is 0 Å². The molecule has 3 nitrogen and oxygen atoms in total. The standard InChI is InChI=1S/C51H34N2O/c1-51(2)43-19-11-9-17-35(43)38-27-40-36-23-21-32(26-46(36)53(48(40)30-44(38)51)34-15-7-4-8-16-34)31-22-24-45-39(25-31)41-29-50-42(37-18-10-12-20-49(37)54-50)28-47(41)52(45)33-13-5-3-6-14-33/h3-30H,1-2H3. The Bertz CT molecular complexity index is 3340. The molecule has 0 saturated heterocycles. The quantitative estimate of drug-likeness (QED) is 0.181. The summed E-state index contributed by atoms with van der Waals surface area (Å²) in [6.07, 6.45) is 0. The zero-order valence-electron chi connectivity index (χ0n) is 30.0. The molecule has 11 aromatic rings. The monoisotopic (exact) mass is 690 g/mol. The predicted octanol–water partition coefficient (Wildman–Crippen LogP) is 13.8. The van der Waals surface area contributed by atoms with E-state index in [1.54, 1.807) is 0 Å². The highest BCUT2D eigenvalue weighted by Crippen LogP contribution is 2.51. The second-order valence-electron chi connectivity index (χ2n) is 15.4. The minimum Gasteiger partial charge on any atom is -0.456 e. The Labute approximate surface area is 311 Å². The molecule has 3 heteroatoms. The van der Waals surface area contributed by atoms with Crippen molar-refractivity contribution in [3.8, 4) is 33.6 Å². The van der Waals surface area contributed by atoms with E-state index in [-0.39, 0.29) is 5.41 Å². The first kappa shape index (κ1) is 29.7. The van der Waals surface area contributed by atoms with Gasteiger partial charge in [0.1, 0.15) is 11.2 Å². The number of aromatic nitrogens is 2. The Hall–Kier alpha value is -6.84. The summed E-state index contributed by atoms with van der Waals surface area (Å²) in [5, 5.41) is 7.20. The Balaban J connectivity index is 1.11. The topological polar surface area (TPSA) is 23.0 Å². The SMILES string of the molecule is CC1(C)c2ccccc2-c2cc3c4ccc(-c5ccc6c(c5)c5cc7oc8ccccc8c7cc5n6-c5ccccc5)cc4n(-c4ccccc4)c3cc21. The van der Waals surface area contributed by atoms with Gasteiger partial charge in [-0.25, -0.2) is 0 Å². The van der Waals surface area contributed by atoms with Crippen LogP contribution in [-0.4, -0.2) is 9.13 Å². The third-order valence-corrected chi connectivity index (χ3v) is 12.1. The van der Waals surface area contributed by atoms with E-state index in [0.29, 0.717) is 0 Å². The first-order chi connectivity index (χ1) is 26.5. The molecule has 0 radical (unpaired) electrons. The van der Waals surface area contributed by atoms with E-state index in [0.717, 1.165) is 27.6 Å². The summed E-state index contributed by atoms with van der Waals surface area (Å²) in [5.41, 5.74) is 16.7. The normalized spacial score (nSPS) is 13.5. The van der Waals surface area contributed by atoms with E-state index in [1.807, 2.05) is 6.07 Å². The van der Waals surface area contributed by atoms with Crippen LogP contribution in [0.25, 0.3) is 99.2 Å². The van der Waals surface area contributed by atoms with Crippen molar-refractivity contribution in [3.05, 3.63) is 181 Å². The van der Waals surface area contributed by atoms with Crippen LogP contribution in [0.1, 0.15) is 25.0 Å². The fourth-order valence-corrected chi connectivity index (χ4v) is 9.52. The van der Waals surface area contributed by atoms with E-state index in [1.165, 1.54) is 82.7 Å². The van der Waals surface area contributed by atoms with Crippen LogP contribution in [-0.2, 0) is 5.41 Å². The first-order valence-corrected chi connectivity index (χ1v) is 18.8. The second-order valence-corrected chi connectivity index (χ2v) is 15.4. The zero-order valence-corrected chi connectivity index (χ0v) is 30.0. The predicted molar refractivity (Wildman–Crippen MR) is 225 cm³/mol. The van der Waals surface area contributed by atoms with Gasteiger partial charge in [-0.2, -0.15) is 0 Å². The number of hydrogen-bond acceptors (Lipinski definition) is 1. The third-order valence-electron chi connectivity index (χ3n) is 12.1. The number of hydrogen-bond donors (Lipinski definition) is 0. The van der Waals surface area contributed by atoms with E-state index in [2.05, 4.69) is 187 Å². The van der Waals surface area contributed by atoms with E-state index < -0.39 is 0 Å². The van der Waals surface area contributed by atoms with Gasteiger partial charge in [0, 0.05) is 49.1 Å². The van der Waals surface area contributed by atoms with Crippen molar-refractivity contribution in [1.29, 1.82) is 0 Å². The summed E-state index contributed by atoms with van der Waals surface area (Å²) in [4.78, 5) is 0. The van der Waals surface area contributed by atoms with Crippen LogP contribution < -0.4 is 0 Å². The smallest absolute Gasteiger partial charge is 0.136 e. The van der Waals surface area contributed by atoms with Crippen molar-refractivity contribution in [3.63, 3.8) is 0 Å². The Kier molecular flexibility index (Phi) is 5.84. The first-order valence-electron chi connectivity index (χ1n) is 18.8. The lowest BCUT2D eigenvalue weighted by atomic mass is 9.82. The molecule has 3 aromatic heterocycles. The number of fused-ring (bicyclic) bond motifs is 12. The maximum atomic E-state index is 6.42. The number of para-hydroxylation sites is 3. The Morgan fingerprint density at radius 2 is 0.981 bits per heavy atom. The molecule has 0 spiro atoms. The highest BCUT2D eigenvalue weighted by molar-refractivity contribution is 6.18. The average molecular weight is 691 g/mol. The molecular weight excluding hydrogens is 657 g/mol. The molecule has 0 fully saturated rings. The second kappa shape index (κ2) is 10.6. The van der Waals surface area contributed by atoms with Crippen molar-refractivity contribution in [2.45, 2.75) is 19.3 Å². The van der Waals surface area contributed by atoms with E-state index in [4.69, 9.17) is 4.42 Å². The lowest BCUT2D eigenvalue weighted by Crippen LogP contribution is -2.14. The van der Waals surface area contributed by atoms with Gasteiger partial charge in [-0.1, -0.05) is 111 Å². The molecule has 0 atom stereocenters. The van der Waals surface area contributed by atoms with Crippen LogP contribution in [0.2, 0.25) is 0 Å². The van der Waals surface area contributed by atoms with Crippen molar-refractivity contribution >= 4 is 65.6 Å². The van der Waals surface area contributed by atoms with Gasteiger partial charge in [0.15, 0.2) is 0 Å². The maximum Gasteiger partial charge on any atom is 0.136 e. The molecule has 8 aromatic carbocycles. The molecule has 1 aliphatic carbocycles. The highest BCUT2D eigenvalue weighted by Gasteiger charge is 2.36. The number of nitrogens with zero attached hydrogens (tertiary/aromatic N) is 2. The van der Waals surface area contributed by atoms with Crippen molar-refractivity contribution < 1.29 is 4.42 Å². The average Bonchev–Trinajstić information content (AvgIpc) is 3.91. The van der Waals surface area contributed by atoms with Gasteiger partial charge < -0.3 is 13.6 Å². The minimum absolute atomic E-state index is 0.0778. The van der Waals surface area contributed by atoms with E-state index >= 15 is 0 Å². The fourth-order valence-electron chi connectivity index (χ4n) is 9.52. The molecule has 3 heterocycles. The summed E-state index contributed by atoms with van der Waals surface area (Å²) in [5.74, 6) is 0. The largest absolute Gasteiger partial charge is 0.456 e. The molecule has 254 valence electrons. The maximum absolute atomic E-state index is 6.42. The summed E-state index contributed by atoms with van der Waals surface area (Å²) in [6.45, 7) is 4.72. The molecule has 0 unspecified atom stereocenters. The van der Waals surface area contributed by atoms with Gasteiger partial charge in [0.2, 0.25) is 0 Å². The lowest BCUT2D eigenvalue weighted by Gasteiger charge is -2.21. The van der Waals surface area contributed by atoms with Gasteiger partial charge in [-0.15, -0.1) is 0 Å². The van der Waals surface area contributed by atoms with Crippen molar-refractivity contribution in [2.24, 2.45) is 0 Å². The van der Waals surface area contributed by atoms with Gasteiger partial charge in [0.05, 0.1) is 22.1 Å². The number of furan rings is 1. The number of benzene rings is 8. The molecule has 12 rings (SSSR count). The van der Waals surface area contributed by atoms with Gasteiger partial charge in [0.25, 0.3) is 0 Å².